The van der Waals surface area contributed by atoms with Gasteiger partial charge in [-0.25, -0.2) is 4.99 Å². The van der Waals surface area contributed by atoms with Crippen LogP contribution in [0.15, 0.2) is 29.3 Å². The minimum absolute atomic E-state index is 0.114. The number of aliphatic hydroxyl groups excluding tert-OH is 1. The molecule has 2 saturated carbocycles. The van der Waals surface area contributed by atoms with E-state index in [9.17, 15) is 9.90 Å². The van der Waals surface area contributed by atoms with Crippen molar-refractivity contribution in [2.75, 3.05) is 6.54 Å². The molecule has 1 aromatic carbocycles. The number of nitrogens with zero attached hydrogens (tertiary/aromatic N) is 2. The van der Waals surface area contributed by atoms with Gasteiger partial charge in [-0.3, -0.25) is 20.3 Å². The molecule has 3 aliphatic rings. The van der Waals surface area contributed by atoms with Gasteiger partial charge in [0, 0.05) is 6.54 Å². The van der Waals surface area contributed by atoms with Crippen LogP contribution in [0.25, 0.3) is 0 Å². The zero-order valence-electron chi connectivity index (χ0n) is 23.6. The van der Waals surface area contributed by atoms with E-state index in [1.807, 2.05) is 12.1 Å². The highest BCUT2D eigenvalue weighted by molar-refractivity contribution is 6.06. The summed E-state index contributed by atoms with van der Waals surface area (Å²) in [5.74, 6) is 1.81. The Morgan fingerprint density at radius 2 is 1.63 bits per heavy atom. The van der Waals surface area contributed by atoms with E-state index in [1.165, 1.54) is 64.2 Å². The maximum atomic E-state index is 14.0. The lowest BCUT2D eigenvalue weighted by Crippen LogP contribution is -2.45. The van der Waals surface area contributed by atoms with Crippen molar-refractivity contribution in [2.45, 2.75) is 128 Å². The standard InChI is InChI=1S/C31H51N5O2/c1-2-3-20-33-30(38)34-22-26-14-16-27(17-15-26)23-36-28(37)31(35-29(36)32,21-25-12-8-5-9-13-25)19-18-24-10-6-4-7-11-24/h14-17,24-25,30,33-34,38H,2-13,18-23H2,1H3,(H2,32,35). The summed E-state index contributed by atoms with van der Waals surface area (Å²) >= 11 is 0. The van der Waals surface area contributed by atoms with Crippen LogP contribution in [-0.2, 0) is 17.9 Å². The van der Waals surface area contributed by atoms with Crippen LogP contribution >= 0.6 is 0 Å². The Bertz CT molecular complexity index is 892. The average Bonchev–Trinajstić information content (AvgIpc) is 3.17. The van der Waals surface area contributed by atoms with Gasteiger partial charge >= 0.3 is 0 Å². The van der Waals surface area contributed by atoms with Gasteiger partial charge in [0.2, 0.25) is 0 Å². The second-order valence-electron chi connectivity index (χ2n) is 12.1. The summed E-state index contributed by atoms with van der Waals surface area (Å²) in [6, 6.07) is 8.20. The zero-order chi connectivity index (χ0) is 26.8. The number of carbonyl (C=O) groups excluding carboxylic acids is 1. The number of nitrogens with one attached hydrogen (secondary N) is 2. The molecule has 1 amide bonds. The van der Waals surface area contributed by atoms with Gasteiger partial charge in [0.15, 0.2) is 12.3 Å². The number of hydrogen-bond donors (Lipinski definition) is 4. The number of unbranched alkanes of at least 4 members (excludes halogenated alkanes) is 1. The molecule has 2 fully saturated rings. The summed E-state index contributed by atoms with van der Waals surface area (Å²) in [4.78, 5) is 20.7. The lowest BCUT2D eigenvalue weighted by Gasteiger charge is -2.33. The highest BCUT2D eigenvalue weighted by atomic mass is 16.3. The Morgan fingerprint density at radius 1 is 1.00 bits per heavy atom. The Hall–Kier alpha value is -1.96. The molecule has 2 aliphatic carbocycles. The lowest BCUT2D eigenvalue weighted by molar-refractivity contribution is -0.132. The van der Waals surface area contributed by atoms with Gasteiger partial charge in [0.1, 0.15) is 5.54 Å². The number of aliphatic hydroxyl groups is 1. The van der Waals surface area contributed by atoms with Gasteiger partial charge in [-0.15, -0.1) is 0 Å². The number of benzene rings is 1. The van der Waals surface area contributed by atoms with Gasteiger partial charge in [-0.2, -0.15) is 0 Å². The fraction of sp³-hybridized carbons (Fsp3) is 0.742. The summed E-state index contributed by atoms with van der Waals surface area (Å²) in [6.45, 7) is 3.95. The van der Waals surface area contributed by atoms with Crippen LogP contribution in [0.2, 0.25) is 0 Å². The summed E-state index contributed by atoms with van der Waals surface area (Å²) in [6.07, 6.45) is 17.1. The summed E-state index contributed by atoms with van der Waals surface area (Å²) in [5, 5.41) is 16.2. The smallest absolute Gasteiger partial charge is 0.257 e. The number of nitrogens with two attached hydrogens (primary N) is 1. The highest BCUT2D eigenvalue weighted by Crippen LogP contribution is 2.41. The monoisotopic (exact) mass is 525 g/mol. The fourth-order valence-electron chi connectivity index (χ4n) is 6.67. The van der Waals surface area contributed by atoms with E-state index in [2.05, 4.69) is 29.7 Å². The normalized spacial score (nSPS) is 24.1. The largest absolute Gasteiger partial charge is 0.369 e. The topological polar surface area (TPSA) is 103 Å². The molecule has 5 N–H and O–H groups in total. The van der Waals surface area contributed by atoms with E-state index in [0.29, 0.717) is 25.0 Å². The van der Waals surface area contributed by atoms with E-state index in [0.717, 1.165) is 55.7 Å². The van der Waals surface area contributed by atoms with Crippen LogP contribution < -0.4 is 16.4 Å². The second kappa shape index (κ2) is 14.4. The number of carbonyl (C=O) groups is 1. The van der Waals surface area contributed by atoms with Crippen LogP contribution in [0.1, 0.15) is 114 Å². The van der Waals surface area contributed by atoms with E-state index in [1.54, 1.807) is 4.90 Å². The molecule has 1 heterocycles. The molecule has 0 spiro atoms. The van der Waals surface area contributed by atoms with Crippen LogP contribution in [0.4, 0.5) is 0 Å². The molecule has 0 saturated heterocycles. The molecule has 1 aromatic rings. The van der Waals surface area contributed by atoms with Crippen molar-refractivity contribution in [3.63, 3.8) is 0 Å². The third-order valence-corrected chi connectivity index (χ3v) is 9.02. The molecule has 2 unspecified atom stereocenters. The van der Waals surface area contributed by atoms with Crippen molar-refractivity contribution < 1.29 is 9.90 Å². The van der Waals surface area contributed by atoms with Crippen LogP contribution in [0.5, 0.6) is 0 Å². The Balaban J connectivity index is 1.37. The van der Waals surface area contributed by atoms with Crippen LogP contribution in [-0.4, -0.2) is 40.3 Å². The van der Waals surface area contributed by atoms with Gasteiger partial charge < -0.3 is 10.8 Å². The van der Waals surface area contributed by atoms with Gasteiger partial charge in [-0.05, 0) is 55.2 Å². The third kappa shape index (κ3) is 8.03. The predicted molar refractivity (Wildman–Crippen MR) is 154 cm³/mol. The number of hydrogen-bond acceptors (Lipinski definition) is 6. The van der Waals surface area contributed by atoms with Gasteiger partial charge in [0.25, 0.3) is 5.91 Å². The molecule has 0 radical (unpaired) electrons. The highest BCUT2D eigenvalue weighted by Gasteiger charge is 2.48. The Labute approximate surface area is 230 Å². The molecule has 4 rings (SSSR count). The zero-order valence-corrected chi connectivity index (χ0v) is 23.6. The first kappa shape index (κ1) is 29.0. The number of rotatable bonds is 14. The van der Waals surface area contributed by atoms with Crippen molar-refractivity contribution in [3.05, 3.63) is 35.4 Å². The molecule has 1 aliphatic heterocycles. The first-order valence-corrected chi connectivity index (χ1v) is 15.4. The predicted octanol–water partition coefficient (Wildman–Crippen LogP) is 5.17. The van der Waals surface area contributed by atoms with Crippen LogP contribution in [0.3, 0.4) is 0 Å². The van der Waals surface area contributed by atoms with E-state index in [-0.39, 0.29) is 5.91 Å². The number of guanidine groups is 1. The minimum Gasteiger partial charge on any atom is -0.369 e. The van der Waals surface area contributed by atoms with E-state index in [4.69, 9.17) is 10.7 Å². The Morgan fingerprint density at radius 3 is 2.29 bits per heavy atom. The summed E-state index contributed by atoms with van der Waals surface area (Å²) < 4.78 is 0. The lowest BCUT2D eigenvalue weighted by atomic mass is 9.75. The summed E-state index contributed by atoms with van der Waals surface area (Å²) in [5.41, 5.74) is 7.93. The molecular formula is C31H51N5O2. The van der Waals surface area contributed by atoms with Crippen molar-refractivity contribution >= 4 is 11.9 Å². The number of amides is 1. The SMILES string of the molecule is CCCCNC(O)NCc1ccc(CN2C(=O)C(CCC3CCCCC3)(CC3CCCCC3)N=C2N)cc1. The average molecular weight is 526 g/mol. The molecule has 7 nitrogen and oxygen atoms in total. The molecular weight excluding hydrogens is 474 g/mol. The minimum atomic E-state index is -0.717. The molecule has 2 atom stereocenters. The van der Waals surface area contributed by atoms with E-state index < -0.39 is 11.9 Å². The summed E-state index contributed by atoms with van der Waals surface area (Å²) in [7, 11) is 0. The quantitative estimate of drug-likeness (QED) is 0.198. The maximum absolute atomic E-state index is 14.0. The van der Waals surface area contributed by atoms with Crippen LogP contribution in [0, 0.1) is 11.8 Å². The van der Waals surface area contributed by atoms with Crippen molar-refractivity contribution in [1.29, 1.82) is 0 Å². The van der Waals surface area contributed by atoms with Gasteiger partial charge in [0.05, 0.1) is 6.54 Å². The third-order valence-electron chi connectivity index (χ3n) is 9.02. The molecule has 0 aromatic heterocycles. The molecule has 0 bridgehead atoms. The molecule has 212 valence electrons. The molecule has 38 heavy (non-hydrogen) atoms. The Kier molecular flexibility index (Phi) is 11.0. The second-order valence-corrected chi connectivity index (χ2v) is 12.1. The van der Waals surface area contributed by atoms with Gasteiger partial charge in [-0.1, -0.05) is 102 Å². The first-order chi connectivity index (χ1) is 18.5. The van der Waals surface area contributed by atoms with Crippen molar-refractivity contribution in [1.82, 2.24) is 15.5 Å². The molecule has 7 heteroatoms. The fourth-order valence-corrected chi connectivity index (χ4v) is 6.67. The van der Waals surface area contributed by atoms with E-state index >= 15 is 0 Å². The van der Waals surface area contributed by atoms with Crippen molar-refractivity contribution in [2.24, 2.45) is 22.6 Å². The number of aliphatic imine (C=N–C) groups is 1. The first-order valence-electron chi connectivity index (χ1n) is 15.4. The maximum Gasteiger partial charge on any atom is 0.257 e. The van der Waals surface area contributed by atoms with Crippen molar-refractivity contribution in [3.8, 4) is 0 Å².